The van der Waals surface area contributed by atoms with E-state index in [9.17, 15) is 0 Å². The van der Waals surface area contributed by atoms with Gasteiger partial charge in [-0.25, -0.2) is 0 Å². The van der Waals surface area contributed by atoms with Crippen molar-refractivity contribution in [3.63, 3.8) is 0 Å². The lowest BCUT2D eigenvalue weighted by molar-refractivity contribution is 1.18. The van der Waals surface area contributed by atoms with Crippen LogP contribution in [-0.2, 0) is 0 Å². The van der Waals surface area contributed by atoms with Gasteiger partial charge < -0.3 is 11.5 Å². The summed E-state index contributed by atoms with van der Waals surface area (Å²) in [5, 5.41) is 0. The number of nitrogens with two attached hydrogens (primary N) is 2. The van der Waals surface area contributed by atoms with Crippen LogP contribution in [0.5, 0.6) is 0 Å². The minimum atomic E-state index is 0.754. The van der Waals surface area contributed by atoms with Gasteiger partial charge in [-0.05, 0) is 53.8 Å². The standard InChI is InChI=1S/C17H22N2.2C2H6/c1-4-6-13(3)16(12-18)11-14(5-2)15-7-9-17(19)10-8-15;2*1-2/h5-12H,2,4,18-19H2,1,3H3;2*1-2H3/b13-6-,14-11+,16-12-;;. The van der Waals surface area contributed by atoms with Crippen LogP contribution in [0, 0.1) is 0 Å². The first kappa shape index (κ1) is 23.1. The quantitative estimate of drug-likeness (QED) is 0.510. The SMILES string of the molecule is C=C\C(=C/C(=C/N)C(/C)=C\CC)c1ccc(N)cc1.CC.CC. The van der Waals surface area contributed by atoms with Crippen LogP contribution in [0.15, 0.2) is 66.4 Å². The van der Waals surface area contributed by atoms with Crippen LogP contribution in [0.4, 0.5) is 5.69 Å². The van der Waals surface area contributed by atoms with Crippen molar-refractivity contribution in [2.45, 2.75) is 48.0 Å². The van der Waals surface area contributed by atoms with Gasteiger partial charge in [-0.1, -0.05) is 65.5 Å². The molecule has 0 bridgehead atoms. The van der Waals surface area contributed by atoms with Crippen molar-refractivity contribution in [1.82, 2.24) is 0 Å². The molecule has 0 unspecified atom stereocenters. The van der Waals surface area contributed by atoms with E-state index in [0.29, 0.717) is 0 Å². The molecule has 0 aliphatic carbocycles. The molecule has 128 valence electrons. The third-order valence-electron chi connectivity index (χ3n) is 2.92. The van der Waals surface area contributed by atoms with Gasteiger partial charge in [0.1, 0.15) is 0 Å². The summed E-state index contributed by atoms with van der Waals surface area (Å²) in [5.41, 5.74) is 16.4. The zero-order chi connectivity index (χ0) is 18.3. The van der Waals surface area contributed by atoms with Crippen molar-refractivity contribution in [2.75, 3.05) is 5.73 Å². The predicted molar refractivity (Wildman–Crippen MR) is 108 cm³/mol. The Morgan fingerprint density at radius 2 is 1.61 bits per heavy atom. The minimum absolute atomic E-state index is 0.754. The van der Waals surface area contributed by atoms with Gasteiger partial charge in [0, 0.05) is 11.9 Å². The van der Waals surface area contributed by atoms with E-state index >= 15 is 0 Å². The van der Waals surface area contributed by atoms with Crippen molar-refractivity contribution in [2.24, 2.45) is 5.73 Å². The molecule has 0 aliphatic heterocycles. The number of anilines is 1. The van der Waals surface area contributed by atoms with Gasteiger partial charge in [0.2, 0.25) is 0 Å². The van der Waals surface area contributed by atoms with Crippen molar-refractivity contribution in [1.29, 1.82) is 0 Å². The van der Waals surface area contributed by atoms with Crippen LogP contribution in [0.25, 0.3) is 5.57 Å². The van der Waals surface area contributed by atoms with Crippen LogP contribution >= 0.6 is 0 Å². The van der Waals surface area contributed by atoms with Gasteiger partial charge in [-0.2, -0.15) is 0 Å². The molecule has 2 heteroatoms. The molecule has 2 nitrogen and oxygen atoms in total. The molecule has 1 aromatic carbocycles. The number of nitrogen functional groups attached to an aromatic ring is 1. The third-order valence-corrected chi connectivity index (χ3v) is 2.92. The molecule has 0 heterocycles. The average Bonchev–Trinajstić information content (AvgIpc) is 2.61. The van der Waals surface area contributed by atoms with Gasteiger partial charge in [-0.15, -0.1) is 0 Å². The Labute approximate surface area is 143 Å². The molecule has 0 amide bonds. The number of hydrogen-bond donors (Lipinski definition) is 2. The maximum atomic E-state index is 5.71. The molecule has 1 aromatic rings. The van der Waals surface area contributed by atoms with E-state index < -0.39 is 0 Å². The Balaban J connectivity index is 0. The van der Waals surface area contributed by atoms with Gasteiger partial charge in [0.15, 0.2) is 0 Å². The summed E-state index contributed by atoms with van der Waals surface area (Å²) in [6.45, 7) is 16.0. The van der Waals surface area contributed by atoms with Crippen LogP contribution in [0.1, 0.15) is 53.5 Å². The molecule has 1 rings (SSSR count). The molecule has 0 saturated carbocycles. The number of hydrogen-bond acceptors (Lipinski definition) is 2. The van der Waals surface area contributed by atoms with Crippen LogP contribution in [0.3, 0.4) is 0 Å². The van der Waals surface area contributed by atoms with E-state index in [4.69, 9.17) is 11.5 Å². The molecule has 4 N–H and O–H groups in total. The summed E-state index contributed by atoms with van der Waals surface area (Å²) in [4.78, 5) is 0. The molecule has 0 aliphatic rings. The van der Waals surface area contributed by atoms with Crippen molar-refractivity contribution in [3.8, 4) is 0 Å². The summed E-state index contributed by atoms with van der Waals surface area (Å²) in [7, 11) is 0. The van der Waals surface area contributed by atoms with E-state index in [-0.39, 0.29) is 0 Å². The summed E-state index contributed by atoms with van der Waals surface area (Å²) < 4.78 is 0. The molecule has 0 spiro atoms. The van der Waals surface area contributed by atoms with Gasteiger partial charge in [0.05, 0.1) is 0 Å². The van der Waals surface area contributed by atoms with E-state index in [2.05, 4.69) is 26.5 Å². The Kier molecular flexibility index (Phi) is 14.7. The molecule has 0 radical (unpaired) electrons. The zero-order valence-corrected chi connectivity index (χ0v) is 15.7. The summed E-state index contributed by atoms with van der Waals surface area (Å²) in [6, 6.07) is 7.73. The second kappa shape index (κ2) is 14.7. The zero-order valence-electron chi connectivity index (χ0n) is 15.7. The Hall–Kier alpha value is -2.22. The Bertz CT molecular complexity index is 517. The number of rotatable bonds is 5. The predicted octanol–water partition coefficient (Wildman–Crippen LogP) is 6.09. The number of benzene rings is 1. The lowest BCUT2D eigenvalue weighted by Crippen LogP contribution is -1.91. The van der Waals surface area contributed by atoms with Crippen LogP contribution in [-0.4, -0.2) is 0 Å². The van der Waals surface area contributed by atoms with Gasteiger partial charge in [0.25, 0.3) is 0 Å². The lowest BCUT2D eigenvalue weighted by Gasteiger charge is -2.07. The highest BCUT2D eigenvalue weighted by Gasteiger charge is 2.01. The first-order chi connectivity index (χ1) is 11.1. The second-order valence-electron chi connectivity index (χ2n) is 4.34. The normalized spacial score (nSPS) is 11.7. The second-order valence-corrected chi connectivity index (χ2v) is 4.34. The van der Waals surface area contributed by atoms with Crippen molar-refractivity contribution >= 4 is 11.3 Å². The first-order valence-electron chi connectivity index (χ1n) is 8.41. The average molecular weight is 315 g/mol. The number of allylic oxidation sites excluding steroid dienone is 6. The molecular weight excluding hydrogens is 280 g/mol. The molecule has 0 aromatic heterocycles. The minimum Gasteiger partial charge on any atom is -0.404 e. The maximum absolute atomic E-state index is 5.71. The largest absolute Gasteiger partial charge is 0.404 e. The van der Waals surface area contributed by atoms with E-state index in [0.717, 1.165) is 28.8 Å². The fraction of sp³-hybridized carbons (Fsp3) is 0.333. The third kappa shape index (κ3) is 8.72. The smallest absolute Gasteiger partial charge is 0.0314 e. The highest BCUT2D eigenvalue weighted by atomic mass is 14.5. The van der Waals surface area contributed by atoms with E-state index in [1.807, 2.05) is 64.1 Å². The Morgan fingerprint density at radius 3 is 2.00 bits per heavy atom. The van der Waals surface area contributed by atoms with E-state index in [1.165, 1.54) is 5.57 Å². The van der Waals surface area contributed by atoms with Crippen LogP contribution < -0.4 is 11.5 Å². The van der Waals surface area contributed by atoms with Crippen molar-refractivity contribution in [3.05, 3.63) is 72.0 Å². The summed E-state index contributed by atoms with van der Waals surface area (Å²) in [5.74, 6) is 0. The topological polar surface area (TPSA) is 52.0 Å². The van der Waals surface area contributed by atoms with Crippen molar-refractivity contribution < 1.29 is 0 Å². The fourth-order valence-electron chi connectivity index (χ4n) is 1.82. The van der Waals surface area contributed by atoms with E-state index in [1.54, 1.807) is 6.20 Å². The first-order valence-corrected chi connectivity index (χ1v) is 8.41. The molecular formula is C21H34N2. The highest BCUT2D eigenvalue weighted by molar-refractivity contribution is 5.77. The molecule has 0 atom stereocenters. The molecule has 23 heavy (non-hydrogen) atoms. The molecule has 0 fully saturated rings. The molecule has 0 saturated heterocycles. The lowest BCUT2D eigenvalue weighted by atomic mass is 9.99. The maximum Gasteiger partial charge on any atom is 0.0314 e. The Morgan fingerprint density at radius 1 is 1.09 bits per heavy atom. The summed E-state index contributed by atoms with van der Waals surface area (Å²) >= 11 is 0. The van der Waals surface area contributed by atoms with Gasteiger partial charge >= 0.3 is 0 Å². The summed E-state index contributed by atoms with van der Waals surface area (Å²) in [6.07, 6.45) is 8.64. The monoisotopic (exact) mass is 314 g/mol. The highest BCUT2D eigenvalue weighted by Crippen LogP contribution is 2.21. The fourth-order valence-corrected chi connectivity index (χ4v) is 1.82. The van der Waals surface area contributed by atoms with Gasteiger partial charge in [-0.3, -0.25) is 0 Å². The van der Waals surface area contributed by atoms with Crippen LogP contribution in [0.2, 0.25) is 0 Å².